The van der Waals surface area contributed by atoms with E-state index in [1.165, 1.54) is 11.8 Å². The van der Waals surface area contributed by atoms with Crippen LogP contribution in [0.3, 0.4) is 0 Å². The van der Waals surface area contributed by atoms with Crippen LogP contribution >= 0.6 is 23.4 Å². The summed E-state index contributed by atoms with van der Waals surface area (Å²) in [5, 5.41) is 11.6. The maximum Gasteiger partial charge on any atom is 0.410 e. The van der Waals surface area contributed by atoms with Crippen molar-refractivity contribution in [1.82, 2.24) is 10.2 Å². The van der Waals surface area contributed by atoms with Crippen LogP contribution in [0.25, 0.3) is 0 Å². The van der Waals surface area contributed by atoms with Crippen LogP contribution < -0.4 is 10.2 Å². The lowest BCUT2D eigenvalue weighted by molar-refractivity contribution is -0.116. The average Bonchev–Trinajstić information content (AvgIpc) is 3.07. The topological polar surface area (TPSA) is 86.6 Å². The molecule has 2 saturated heterocycles. The van der Waals surface area contributed by atoms with Crippen molar-refractivity contribution >= 4 is 52.4 Å². The Balaban J connectivity index is 1.57. The standard InChI is InChI=1S/C19H24ClN5O3S/c1-19(2,3)28-18(27)25-8-6-24(7-9-25)14-5-4-13(15(20)10-14)11-21-23-17-22-16(26)12-29-17/h4-5,10-11H,6-9,12H2,1-3H3,(H,22,23,26). The van der Waals surface area contributed by atoms with Gasteiger partial charge in [-0.2, -0.15) is 5.10 Å². The molecule has 3 rings (SSSR count). The van der Waals surface area contributed by atoms with Crippen molar-refractivity contribution in [3.63, 3.8) is 0 Å². The van der Waals surface area contributed by atoms with Crippen LogP contribution in [-0.2, 0) is 9.53 Å². The van der Waals surface area contributed by atoms with E-state index in [0.29, 0.717) is 42.1 Å². The summed E-state index contributed by atoms with van der Waals surface area (Å²) in [6.45, 7) is 8.18. The zero-order valence-corrected chi connectivity index (χ0v) is 18.2. The molecule has 0 bridgehead atoms. The number of carbonyl (C=O) groups excluding carboxylic acids is 2. The molecule has 0 spiro atoms. The first kappa shape index (κ1) is 21.4. The van der Waals surface area contributed by atoms with E-state index in [0.717, 1.165) is 11.3 Å². The van der Waals surface area contributed by atoms with Crippen molar-refractivity contribution in [1.29, 1.82) is 0 Å². The highest BCUT2D eigenvalue weighted by molar-refractivity contribution is 8.15. The van der Waals surface area contributed by atoms with Crippen LogP contribution in [0.1, 0.15) is 26.3 Å². The van der Waals surface area contributed by atoms with Gasteiger partial charge in [-0.15, -0.1) is 5.10 Å². The number of thioether (sulfide) groups is 1. The monoisotopic (exact) mass is 437 g/mol. The Hall–Kier alpha value is -2.26. The number of nitrogens with one attached hydrogen (secondary N) is 1. The van der Waals surface area contributed by atoms with Crippen LogP contribution in [0.5, 0.6) is 0 Å². The third kappa shape index (κ3) is 6.11. The van der Waals surface area contributed by atoms with Gasteiger partial charge in [0, 0.05) is 37.4 Å². The first-order valence-corrected chi connectivity index (χ1v) is 10.6. The largest absolute Gasteiger partial charge is 0.444 e. The Bertz CT molecular complexity index is 845. The molecule has 2 aliphatic heterocycles. The number of rotatable bonds is 3. The van der Waals surface area contributed by atoms with E-state index in [4.69, 9.17) is 16.3 Å². The van der Waals surface area contributed by atoms with Crippen molar-refractivity contribution in [2.75, 3.05) is 36.8 Å². The number of halogens is 1. The van der Waals surface area contributed by atoms with Gasteiger partial charge < -0.3 is 19.9 Å². The van der Waals surface area contributed by atoms with Gasteiger partial charge in [-0.05, 0) is 39.0 Å². The molecule has 2 aliphatic rings. The van der Waals surface area contributed by atoms with Crippen molar-refractivity contribution in [3.8, 4) is 0 Å². The van der Waals surface area contributed by atoms with Gasteiger partial charge in [0.25, 0.3) is 0 Å². The molecular formula is C19H24ClN5O3S. The predicted molar refractivity (Wildman–Crippen MR) is 117 cm³/mol. The summed E-state index contributed by atoms with van der Waals surface area (Å²) in [6.07, 6.45) is 1.28. The summed E-state index contributed by atoms with van der Waals surface area (Å²) in [5.41, 5.74) is 1.23. The second kappa shape index (κ2) is 9.04. The number of amides is 2. The van der Waals surface area contributed by atoms with Crippen molar-refractivity contribution in [2.45, 2.75) is 26.4 Å². The molecule has 0 aromatic heterocycles. The van der Waals surface area contributed by atoms with Crippen LogP contribution in [0, 0.1) is 0 Å². The van der Waals surface area contributed by atoms with E-state index < -0.39 is 5.60 Å². The van der Waals surface area contributed by atoms with E-state index in [2.05, 4.69) is 20.4 Å². The smallest absolute Gasteiger partial charge is 0.410 e. The zero-order chi connectivity index (χ0) is 21.0. The third-order valence-corrected chi connectivity index (χ3v) is 5.40. The van der Waals surface area contributed by atoms with E-state index in [-0.39, 0.29) is 12.0 Å². The summed E-state index contributed by atoms with van der Waals surface area (Å²) in [5.74, 6) is 0.295. The highest BCUT2D eigenvalue weighted by Gasteiger charge is 2.26. The maximum absolute atomic E-state index is 12.2. The average molecular weight is 438 g/mol. The minimum Gasteiger partial charge on any atom is -0.444 e. The second-order valence-electron chi connectivity index (χ2n) is 7.65. The second-order valence-corrected chi connectivity index (χ2v) is 9.02. The highest BCUT2D eigenvalue weighted by Crippen LogP contribution is 2.24. The summed E-state index contributed by atoms with van der Waals surface area (Å²) < 4.78 is 5.43. The predicted octanol–water partition coefficient (Wildman–Crippen LogP) is 2.95. The number of amidine groups is 1. The van der Waals surface area contributed by atoms with E-state index in [1.54, 1.807) is 11.1 Å². The number of carbonyl (C=O) groups is 2. The summed E-state index contributed by atoms with van der Waals surface area (Å²) >= 11 is 7.71. The molecule has 1 aromatic carbocycles. The summed E-state index contributed by atoms with van der Waals surface area (Å²) in [7, 11) is 0. The fraction of sp³-hybridized carbons (Fsp3) is 0.474. The maximum atomic E-state index is 12.2. The highest BCUT2D eigenvalue weighted by atomic mass is 35.5. The van der Waals surface area contributed by atoms with E-state index in [9.17, 15) is 9.59 Å². The molecule has 2 amide bonds. The van der Waals surface area contributed by atoms with Crippen LogP contribution in [0.2, 0.25) is 5.02 Å². The number of anilines is 1. The van der Waals surface area contributed by atoms with Crippen molar-refractivity contribution in [2.24, 2.45) is 10.2 Å². The Labute approximate surface area is 179 Å². The van der Waals surface area contributed by atoms with Gasteiger partial charge in [0.05, 0.1) is 17.0 Å². The zero-order valence-electron chi connectivity index (χ0n) is 16.6. The Kier molecular flexibility index (Phi) is 6.69. The van der Waals surface area contributed by atoms with Crippen molar-refractivity contribution < 1.29 is 14.3 Å². The van der Waals surface area contributed by atoms with Gasteiger partial charge in [0.1, 0.15) is 5.60 Å². The molecule has 0 atom stereocenters. The number of ether oxygens (including phenoxy) is 1. The van der Waals surface area contributed by atoms with Crippen LogP contribution in [-0.4, -0.2) is 65.8 Å². The van der Waals surface area contributed by atoms with Crippen LogP contribution in [0.15, 0.2) is 28.4 Å². The molecule has 10 heteroatoms. The molecule has 1 N–H and O–H groups in total. The first-order chi connectivity index (χ1) is 13.7. The van der Waals surface area contributed by atoms with Gasteiger partial charge in [-0.1, -0.05) is 23.4 Å². The number of hydrogen-bond donors (Lipinski definition) is 1. The van der Waals surface area contributed by atoms with Crippen LogP contribution in [0.4, 0.5) is 10.5 Å². The Morgan fingerprint density at radius 2 is 2.00 bits per heavy atom. The lowest BCUT2D eigenvalue weighted by atomic mass is 10.2. The molecule has 0 radical (unpaired) electrons. The lowest BCUT2D eigenvalue weighted by Crippen LogP contribution is -2.50. The molecule has 2 fully saturated rings. The molecular weight excluding hydrogens is 414 g/mol. The number of hydrogen-bond acceptors (Lipinski definition) is 7. The minimum absolute atomic E-state index is 0.0712. The third-order valence-electron chi connectivity index (χ3n) is 4.21. The molecule has 8 nitrogen and oxygen atoms in total. The fourth-order valence-corrected chi connectivity index (χ4v) is 3.67. The normalized spacial score (nSPS) is 19.2. The van der Waals surface area contributed by atoms with Gasteiger partial charge in [0.2, 0.25) is 5.91 Å². The van der Waals surface area contributed by atoms with Gasteiger partial charge in [0.15, 0.2) is 5.17 Å². The molecule has 0 aliphatic carbocycles. The molecule has 1 aromatic rings. The quantitative estimate of drug-likeness (QED) is 0.580. The molecule has 2 heterocycles. The first-order valence-electron chi connectivity index (χ1n) is 9.27. The molecule has 0 saturated carbocycles. The lowest BCUT2D eigenvalue weighted by Gasteiger charge is -2.36. The number of nitrogens with zero attached hydrogens (tertiary/aromatic N) is 4. The Morgan fingerprint density at radius 1 is 1.28 bits per heavy atom. The van der Waals surface area contributed by atoms with Crippen molar-refractivity contribution in [3.05, 3.63) is 28.8 Å². The molecule has 0 unspecified atom stereocenters. The summed E-state index contributed by atoms with van der Waals surface area (Å²) in [4.78, 5) is 27.2. The van der Waals surface area contributed by atoms with E-state index >= 15 is 0 Å². The molecule has 29 heavy (non-hydrogen) atoms. The fourth-order valence-electron chi connectivity index (χ4n) is 2.81. The SMILES string of the molecule is CC(C)(C)OC(=O)N1CCN(c2ccc(C=NN=C3NC(=O)CS3)c(Cl)c2)CC1. The van der Waals surface area contributed by atoms with Gasteiger partial charge in [-0.25, -0.2) is 4.79 Å². The Morgan fingerprint density at radius 3 is 2.59 bits per heavy atom. The van der Waals surface area contributed by atoms with Gasteiger partial charge >= 0.3 is 6.09 Å². The molecule has 156 valence electrons. The van der Waals surface area contributed by atoms with Gasteiger partial charge in [-0.3, -0.25) is 4.79 Å². The number of piperazine rings is 1. The van der Waals surface area contributed by atoms with E-state index in [1.807, 2.05) is 39.0 Å². The summed E-state index contributed by atoms with van der Waals surface area (Å²) in [6, 6.07) is 5.73. The minimum atomic E-state index is -0.494. The number of benzene rings is 1.